The van der Waals surface area contributed by atoms with E-state index in [2.05, 4.69) is 28.4 Å². The van der Waals surface area contributed by atoms with Crippen molar-refractivity contribution in [3.8, 4) is 0 Å². The minimum Gasteiger partial charge on any atom is -0.381 e. The Balaban J connectivity index is 1.55. The summed E-state index contributed by atoms with van der Waals surface area (Å²) in [5.41, 5.74) is 5.10. The maximum atomic E-state index is 13.2. The van der Waals surface area contributed by atoms with Crippen molar-refractivity contribution in [3.05, 3.63) is 75.2 Å². The minimum absolute atomic E-state index is 0.128. The Bertz CT molecular complexity index is 1400. The molecule has 7 nitrogen and oxygen atoms in total. The summed E-state index contributed by atoms with van der Waals surface area (Å²) >= 11 is 0. The Morgan fingerprint density at radius 1 is 1.18 bits per heavy atom. The van der Waals surface area contributed by atoms with Crippen molar-refractivity contribution in [3.63, 3.8) is 0 Å². The van der Waals surface area contributed by atoms with Crippen molar-refractivity contribution in [2.75, 3.05) is 13.2 Å². The van der Waals surface area contributed by atoms with Crippen LogP contribution in [0.15, 0.2) is 47.4 Å². The van der Waals surface area contributed by atoms with Gasteiger partial charge in [-0.05, 0) is 55.0 Å². The van der Waals surface area contributed by atoms with Crippen LogP contribution in [0.4, 0.5) is 0 Å². The Labute approximate surface area is 191 Å². The first-order valence-corrected chi connectivity index (χ1v) is 11.5. The highest BCUT2D eigenvalue weighted by Crippen LogP contribution is 2.29. The van der Waals surface area contributed by atoms with Gasteiger partial charge in [0.15, 0.2) is 0 Å². The number of hydrogen-bond acceptors (Lipinski definition) is 4. The fraction of sp³-hybridized carbons (Fsp3) is 0.346. The number of nitrogens with one attached hydrogen (secondary N) is 2. The number of carbonyl (C=O) groups is 1. The average molecular weight is 445 g/mol. The first-order chi connectivity index (χ1) is 16.1. The van der Waals surface area contributed by atoms with Crippen molar-refractivity contribution >= 4 is 27.7 Å². The van der Waals surface area contributed by atoms with E-state index in [4.69, 9.17) is 4.74 Å². The van der Waals surface area contributed by atoms with E-state index in [1.165, 1.54) is 5.56 Å². The zero-order valence-electron chi connectivity index (χ0n) is 19.0. The largest absolute Gasteiger partial charge is 0.381 e. The summed E-state index contributed by atoms with van der Waals surface area (Å²) in [5, 5.41) is 9.01. The number of nitrogens with zero attached hydrogens (tertiary/aromatic N) is 2. The Morgan fingerprint density at radius 3 is 2.70 bits per heavy atom. The number of aryl methyl sites for hydroxylation is 2. The summed E-state index contributed by atoms with van der Waals surface area (Å²) in [6, 6.07) is 12.1. The van der Waals surface area contributed by atoms with Gasteiger partial charge in [-0.25, -0.2) is 0 Å². The van der Waals surface area contributed by atoms with E-state index in [-0.39, 0.29) is 17.5 Å². The van der Waals surface area contributed by atoms with Crippen LogP contribution >= 0.6 is 0 Å². The van der Waals surface area contributed by atoms with Gasteiger partial charge >= 0.3 is 0 Å². The summed E-state index contributed by atoms with van der Waals surface area (Å²) in [6.45, 7) is 5.84. The molecular weight excluding hydrogens is 416 g/mol. The lowest BCUT2D eigenvalue weighted by Gasteiger charge is -2.23. The van der Waals surface area contributed by atoms with Crippen LogP contribution in [0, 0.1) is 6.92 Å². The molecule has 1 aliphatic heterocycles. The van der Waals surface area contributed by atoms with Gasteiger partial charge in [0.05, 0.1) is 28.7 Å². The van der Waals surface area contributed by atoms with Gasteiger partial charge in [-0.1, -0.05) is 31.2 Å². The van der Waals surface area contributed by atoms with E-state index in [1.807, 2.05) is 41.9 Å². The van der Waals surface area contributed by atoms with Crippen molar-refractivity contribution < 1.29 is 9.53 Å². The standard InChI is InChI=1S/C26H28N4O3/c1-3-17-6-4-5-7-18(17)14-27-25(31)20-13-21-23(12-16(20)2)29-26(32)22-15-28-30(24(21)22)19-8-10-33-11-9-19/h4-7,12-13,15,19H,3,8-11,14H2,1-2H3,(H,27,31)(H,29,32). The first kappa shape index (κ1) is 21.4. The van der Waals surface area contributed by atoms with Gasteiger partial charge in [0.1, 0.15) is 0 Å². The van der Waals surface area contributed by atoms with E-state index < -0.39 is 0 Å². The molecule has 33 heavy (non-hydrogen) atoms. The number of amides is 1. The molecule has 7 heteroatoms. The van der Waals surface area contributed by atoms with Crippen molar-refractivity contribution in [1.82, 2.24) is 20.1 Å². The lowest BCUT2D eigenvalue weighted by molar-refractivity contribution is 0.0675. The minimum atomic E-state index is -0.163. The predicted octanol–water partition coefficient (Wildman–Crippen LogP) is 4.03. The molecule has 1 aliphatic rings. The second-order valence-electron chi connectivity index (χ2n) is 8.67. The van der Waals surface area contributed by atoms with Gasteiger partial charge in [0.25, 0.3) is 11.5 Å². The molecule has 0 atom stereocenters. The van der Waals surface area contributed by atoms with Crippen LogP contribution in [-0.4, -0.2) is 33.9 Å². The smallest absolute Gasteiger partial charge is 0.259 e. The van der Waals surface area contributed by atoms with Gasteiger partial charge in [-0.15, -0.1) is 0 Å². The molecule has 1 saturated heterocycles. The average Bonchev–Trinajstić information content (AvgIpc) is 3.29. The zero-order chi connectivity index (χ0) is 22.9. The van der Waals surface area contributed by atoms with Crippen molar-refractivity contribution in [1.29, 1.82) is 0 Å². The van der Waals surface area contributed by atoms with Crippen LogP contribution < -0.4 is 10.9 Å². The Morgan fingerprint density at radius 2 is 1.94 bits per heavy atom. The molecule has 0 saturated carbocycles. The molecule has 0 aliphatic carbocycles. The number of carbonyl (C=O) groups excluding carboxylic acids is 1. The molecule has 2 aromatic carbocycles. The fourth-order valence-electron chi connectivity index (χ4n) is 4.79. The Hall–Kier alpha value is -3.45. The van der Waals surface area contributed by atoms with Crippen molar-refractivity contribution in [2.45, 2.75) is 45.7 Å². The second kappa shape index (κ2) is 8.83. The van der Waals surface area contributed by atoms with Crippen molar-refractivity contribution in [2.24, 2.45) is 0 Å². The molecule has 0 unspecified atom stereocenters. The van der Waals surface area contributed by atoms with Gasteiger partial charge < -0.3 is 15.0 Å². The number of aromatic amines is 1. The molecule has 170 valence electrons. The highest BCUT2D eigenvalue weighted by molar-refractivity contribution is 6.07. The molecule has 5 rings (SSSR count). The molecule has 0 spiro atoms. The highest BCUT2D eigenvalue weighted by atomic mass is 16.5. The maximum absolute atomic E-state index is 13.2. The van der Waals surface area contributed by atoms with E-state index in [9.17, 15) is 9.59 Å². The van der Waals surface area contributed by atoms with E-state index in [0.717, 1.165) is 41.3 Å². The number of ether oxygens (including phenoxy) is 1. The number of H-pyrrole nitrogens is 1. The van der Waals surface area contributed by atoms with E-state index >= 15 is 0 Å². The summed E-state index contributed by atoms with van der Waals surface area (Å²) < 4.78 is 7.45. The first-order valence-electron chi connectivity index (χ1n) is 11.5. The number of fused-ring (bicyclic) bond motifs is 3. The number of hydrogen-bond donors (Lipinski definition) is 2. The second-order valence-corrected chi connectivity index (χ2v) is 8.67. The number of benzene rings is 2. The Kier molecular flexibility index (Phi) is 5.72. The molecule has 1 fully saturated rings. The molecule has 0 bridgehead atoms. The maximum Gasteiger partial charge on any atom is 0.259 e. The summed E-state index contributed by atoms with van der Waals surface area (Å²) in [4.78, 5) is 28.9. The predicted molar refractivity (Wildman–Crippen MR) is 129 cm³/mol. The SMILES string of the molecule is CCc1ccccc1CNC(=O)c1cc2c(cc1C)[nH]c(=O)c1cnn(C3CCOCC3)c12. The van der Waals surface area contributed by atoms with Gasteiger partial charge in [-0.2, -0.15) is 5.10 Å². The molecule has 0 radical (unpaired) electrons. The number of rotatable bonds is 5. The lowest BCUT2D eigenvalue weighted by atomic mass is 10.0. The van der Waals surface area contributed by atoms with Gasteiger partial charge in [0, 0.05) is 30.7 Å². The molecule has 1 amide bonds. The highest BCUT2D eigenvalue weighted by Gasteiger charge is 2.22. The quantitative estimate of drug-likeness (QED) is 0.486. The third-order valence-electron chi connectivity index (χ3n) is 6.63. The molecule has 2 N–H and O–H groups in total. The molecule has 2 aromatic heterocycles. The monoisotopic (exact) mass is 444 g/mol. The normalized spacial score (nSPS) is 14.7. The molecule has 4 aromatic rings. The summed E-state index contributed by atoms with van der Waals surface area (Å²) in [7, 11) is 0. The van der Waals surface area contributed by atoms with Crippen LogP contribution in [0.1, 0.15) is 52.9 Å². The summed E-state index contributed by atoms with van der Waals surface area (Å²) in [6.07, 6.45) is 4.25. The van der Waals surface area contributed by atoms with Gasteiger partial charge in [-0.3, -0.25) is 14.3 Å². The van der Waals surface area contributed by atoms with Crippen LogP contribution in [0.3, 0.4) is 0 Å². The lowest BCUT2D eigenvalue weighted by Crippen LogP contribution is -2.24. The topological polar surface area (TPSA) is 89.0 Å². The van der Waals surface area contributed by atoms with Gasteiger partial charge in [0.2, 0.25) is 0 Å². The van der Waals surface area contributed by atoms with Crippen LogP contribution in [0.5, 0.6) is 0 Å². The number of aromatic nitrogens is 3. The molecule has 3 heterocycles. The zero-order valence-corrected chi connectivity index (χ0v) is 19.0. The van der Waals surface area contributed by atoms with E-state index in [1.54, 1.807) is 6.20 Å². The molecular formula is C26H28N4O3. The van der Waals surface area contributed by atoms with E-state index in [0.29, 0.717) is 36.2 Å². The van der Waals surface area contributed by atoms with Crippen LogP contribution in [0.25, 0.3) is 21.8 Å². The van der Waals surface area contributed by atoms with Crippen LogP contribution in [-0.2, 0) is 17.7 Å². The van der Waals surface area contributed by atoms with Crippen LogP contribution in [0.2, 0.25) is 0 Å². The fourth-order valence-corrected chi connectivity index (χ4v) is 4.79. The third-order valence-corrected chi connectivity index (χ3v) is 6.63. The third kappa shape index (κ3) is 3.93. The summed E-state index contributed by atoms with van der Waals surface area (Å²) in [5.74, 6) is -0.128. The number of pyridine rings is 1.